The Bertz CT molecular complexity index is 849. The molecule has 2 rings (SSSR count). The maximum atomic E-state index is 12.5. The third-order valence-corrected chi connectivity index (χ3v) is 5.64. The molecule has 1 heterocycles. The molecule has 0 aliphatic carbocycles. The standard InChI is InChI=1S/C23H33NO5S/c1-4-5-10-24-20-9-7-6-8-19(20)21(17-22(24)25)29-14-13-27-11-12-28-15-16-30-23(26)18(2)3/h6-9,17-18H,4-5,10-16H2,1-3H3. The molecule has 0 atom stereocenters. The summed E-state index contributed by atoms with van der Waals surface area (Å²) >= 11 is 1.31. The number of ether oxygens (including phenoxy) is 3. The number of pyridine rings is 1. The largest absolute Gasteiger partial charge is 0.490 e. The number of unbranched alkanes of at least 4 members (excludes halogenated alkanes) is 1. The van der Waals surface area contributed by atoms with Gasteiger partial charge in [0.25, 0.3) is 5.56 Å². The summed E-state index contributed by atoms with van der Waals surface area (Å²) < 4.78 is 18.6. The smallest absolute Gasteiger partial charge is 0.254 e. The molecular formula is C23H33NO5S. The molecular weight excluding hydrogens is 402 g/mol. The van der Waals surface area contributed by atoms with Crippen molar-refractivity contribution >= 4 is 27.8 Å². The van der Waals surface area contributed by atoms with Crippen molar-refractivity contribution in [3.8, 4) is 5.75 Å². The fourth-order valence-corrected chi connectivity index (χ4v) is 3.61. The van der Waals surface area contributed by atoms with Gasteiger partial charge in [0.05, 0.1) is 31.9 Å². The third-order valence-electron chi connectivity index (χ3n) is 4.52. The summed E-state index contributed by atoms with van der Waals surface area (Å²) in [5.41, 5.74) is 0.858. The summed E-state index contributed by atoms with van der Waals surface area (Å²) in [5, 5.41) is 1.13. The number of hydrogen-bond donors (Lipinski definition) is 0. The van der Waals surface area contributed by atoms with Crippen LogP contribution in [0.15, 0.2) is 35.1 Å². The van der Waals surface area contributed by atoms with Gasteiger partial charge in [-0.2, -0.15) is 0 Å². The van der Waals surface area contributed by atoms with Crippen LogP contribution < -0.4 is 10.3 Å². The number of nitrogens with zero attached hydrogens (tertiary/aromatic N) is 1. The highest BCUT2D eigenvalue weighted by Gasteiger charge is 2.09. The summed E-state index contributed by atoms with van der Waals surface area (Å²) in [6.45, 7) is 8.87. The van der Waals surface area contributed by atoms with Crippen molar-refractivity contribution in [3.05, 3.63) is 40.7 Å². The Morgan fingerprint density at radius 3 is 2.50 bits per heavy atom. The highest BCUT2D eigenvalue weighted by molar-refractivity contribution is 8.13. The first-order valence-corrected chi connectivity index (χ1v) is 11.6. The van der Waals surface area contributed by atoms with E-state index in [0.717, 1.165) is 23.7 Å². The third kappa shape index (κ3) is 7.78. The van der Waals surface area contributed by atoms with Gasteiger partial charge in [0.15, 0.2) is 5.12 Å². The normalized spacial score (nSPS) is 11.3. The van der Waals surface area contributed by atoms with Crippen LogP contribution in [-0.4, -0.2) is 48.5 Å². The summed E-state index contributed by atoms with van der Waals surface area (Å²) in [4.78, 5) is 24.0. The molecule has 0 bridgehead atoms. The minimum atomic E-state index is -0.0414. The molecule has 0 aliphatic heterocycles. The fourth-order valence-electron chi connectivity index (χ4n) is 2.87. The maximum Gasteiger partial charge on any atom is 0.254 e. The second-order valence-electron chi connectivity index (χ2n) is 7.26. The lowest BCUT2D eigenvalue weighted by atomic mass is 10.2. The van der Waals surface area contributed by atoms with Gasteiger partial charge in [-0.15, -0.1) is 0 Å². The molecule has 0 radical (unpaired) electrons. The van der Waals surface area contributed by atoms with Crippen LogP contribution in [0.4, 0.5) is 0 Å². The van der Waals surface area contributed by atoms with Gasteiger partial charge in [0.1, 0.15) is 12.4 Å². The van der Waals surface area contributed by atoms with Gasteiger partial charge in [0.2, 0.25) is 0 Å². The van der Waals surface area contributed by atoms with Crippen molar-refractivity contribution in [2.24, 2.45) is 5.92 Å². The number of benzene rings is 1. The number of fused-ring (bicyclic) bond motifs is 1. The van der Waals surface area contributed by atoms with Gasteiger partial charge in [0, 0.05) is 29.7 Å². The quantitative estimate of drug-likeness (QED) is 0.416. The summed E-state index contributed by atoms with van der Waals surface area (Å²) in [6, 6.07) is 9.39. The van der Waals surface area contributed by atoms with Crippen molar-refractivity contribution < 1.29 is 19.0 Å². The first-order valence-electron chi connectivity index (χ1n) is 10.6. The average Bonchev–Trinajstić information content (AvgIpc) is 2.74. The van der Waals surface area contributed by atoms with E-state index in [-0.39, 0.29) is 16.6 Å². The van der Waals surface area contributed by atoms with E-state index in [0.29, 0.717) is 51.1 Å². The van der Waals surface area contributed by atoms with E-state index in [9.17, 15) is 9.59 Å². The van der Waals surface area contributed by atoms with Crippen molar-refractivity contribution in [1.82, 2.24) is 4.57 Å². The van der Waals surface area contributed by atoms with Crippen LogP contribution in [0.1, 0.15) is 33.6 Å². The van der Waals surface area contributed by atoms with Crippen LogP contribution in [0.3, 0.4) is 0 Å². The predicted octanol–water partition coefficient (Wildman–Crippen LogP) is 4.13. The first-order chi connectivity index (χ1) is 14.5. The van der Waals surface area contributed by atoms with Gasteiger partial charge in [-0.3, -0.25) is 9.59 Å². The molecule has 0 spiro atoms. The lowest BCUT2D eigenvalue weighted by Gasteiger charge is -2.14. The maximum absolute atomic E-state index is 12.5. The van der Waals surface area contributed by atoms with Crippen molar-refractivity contribution in [2.45, 2.75) is 40.2 Å². The molecule has 0 fully saturated rings. The van der Waals surface area contributed by atoms with Crippen molar-refractivity contribution in [2.75, 3.05) is 38.8 Å². The van der Waals surface area contributed by atoms with Crippen LogP contribution in [0, 0.1) is 5.92 Å². The molecule has 1 aromatic carbocycles. The van der Waals surface area contributed by atoms with E-state index in [1.807, 2.05) is 42.7 Å². The van der Waals surface area contributed by atoms with E-state index in [1.165, 1.54) is 11.8 Å². The van der Waals surface area contributed by atoms with Gasteiger partial charge < -0.3 is 18.8 Å². The van der Waals surface area contributed by atoms with Crippen LogP contribution in [0.2, 0.25) is 0 Å². The van der Waals surface area contributed by atoms with Gasteiger partial charge in [-0.1, -0.05) is 51.1 Å². The predicted molar refractivity (Wildman–Crippen MR) is 123 cm³/mol. The van der Waals surface area contributed by atoms with Crippen molar-refractivity contribution in [3.63, 3.8) is 0 Å². The van der Waals surface area contributed by atoms with Crippen LogP contribution in [0.5, 0.6) is 5.75 Å². The summed E-state index contributed by atoms with van der Waals surface area (Å²) in [5.74, 6) is 1.31. The molecule has 0 amide bonds. The Kier molecular flexibility index (Phi) is 11.0. The fraction of sp³-hybridized carbons (Fsp3) is 0.565. The molecule has 1 aromatic heterocycles. The van der Waals surface area contributed by atoms with Crippen LogP contribution >= 0.6 is 11.8 Å². The number of hydrogen-bond acceptors (Lipinski definition) is 6. The van der Waals surface area contributed by atoms with E-state index >= 15 is 0 Å². The minimum Gasteiger partial charge on any atom is -0.490 e. The SMILES string of the molecule is CCCCn1c(=O)cc(OCCOCCOCCSC(=O)C(C)C)c2ccccc21. The molecule has 30 heavy (non-hydrogen) atoms. The van der Waals surface area contributed by atoms with E-state index in [1.54, 1.807) is 6.07 Å². The molecule has 6 nitrogen and oxygen atoms in total. The zero-order valence-corrected chi connectivity index (χ0v) is 19.0. The number of para-hydroxylation sites is 1. The Hall–Kier alpha value is -1.83. The Balaban J connectivity index is 1.72. The van der Waals surface area contributed by atoms with E-state index in [2.05, 4.69) is 6.92 Å². The van der Waals surface area contributed by atoms with E-state index in [4.69, 9.17) is 14.2 Å². The Morgan fingerprint density at radius 1 is 1.07 bits per heavy atom. The second-order valence-corrected chi connectivity index (χ2v) is 8.36. The second kappa shape index (κ2) is 13.5. The minimum absolute atomic E-state index is 0.0414. The number of thioether (sulfide) groups is 1. The molecule has 0 saturated heterocycles. The number of carbonyl (C=O) groups excluding carboxylic acids is 1. The summed E-state index contributed by atoms with van der Waals surface area (Å²) in [6.07, 6.45) is 2.00. The topological polar surface area (TPSA) is 66.8 Å². The summed E-state index contributed by atoms with van der Waals surface area (Å²) in [7, 11) is 0. The number of aromatic nitrogens is 1. The zero-order chi connectivity index (χ0) is 21.8. The Labute approximate surface area is 182 Å². The first kappa shape index (κ1) is 24.4. The lowest BCUT2D eigenvalue weighted by molar-refractivity contribution is -0.113. The van der Waals surface area contributed by atoms with Gasteiger partial charge >= 0.3 is 0 Å². The Morgan fingerprint density at radius 2 is 1.77 bits per heavy atom. The van der Waals surface area contributed by atoms with Crippen molar-refractivity contribution in [1.29, 1.82) is 0 Å². The lowest BCUT2D eigenvalue weighted by Crippen LogP contribution is -2.21. The molecule has 0 saturated carbocycles. The van der Waals surface area contributed by atoms with Crippen LogP contribution in [-0.2, 0) is 20.8 Å². The zero-order valence-electron chi connectivity index (χ0n) is 18.2. The molecule has 7 heteroatoms. The monoisotopic (exact) mass is 435 g/mol. The van der Waals surface area contributed by atoms with Gasteiger partial charge in [-0.25, -0.2) is 0 Å². The molecule has 0 unspecified atom stereocenters. The number of aryl methyl sites for hydroxylation is 1. The highest BCUT2D eigenvalue weighted by Crippen LogP contribution is 2.23. The van der Waals surface area contributed by atoms with Crippen LogP contribution in [0.25, 0.3) is 10.9 Å². The number of carbonyl (C=O) groups is 1. The highest BCUT2D eigenvalue weighted by atomic mass is 32.2. The average molecular weight is 436 g/mol. The molecule has 166 valence electrons. The molecule has 0 aliphatic rings. The van der Waals surface area contributed by atoms with Gasteiger partial charge in [-0.05, 0) is 18.6 Å². The number of rotatable bonds is 14. The molecule has 2 aromatic rings. The van der Waals surface area contributed by atoms with E-state index < -0.39 is 0 Å². The molecule has 0 N–H and O–H groups in total.